The van der Waals surface area contributed by atoms with Crippen LogP contribution in [-0.2, 0) is 30.8 Å². The first kappa shape index (κ1) is 27.2. The third-order valence-electron chi connectivity index (χ3n) is 6.62. The zero-order valence-corrected chi connectivity index (χ0v) is 23.7. The van der Waals surface area contributed by atoms with Crippen LogP contribution in [-0.4, -0.2) is 28.8 Å². The molecule has 0 fully saturated rings. The maximum atomic E-state index is 13.1. The summed E-state index contributed by atoms with van der Waals surface area (Å²) in [6.07, 6.45) is 5.80. The second-order valence-corrected chi connectivity index (χ2v) is 11.3. The molecule has 0 bridgehead atoms. The van der Waals surface area contributed by atoms with Crippen LogP contribution in [0.5, 0.6) is 11.5 Å². The van der Waals surface area contributed by atoms with Gasteiger partial charge in [0.15, 0.2) is 11.5 Å². The van der Waals surface area contributed by atoms with Crippen molar-refractivity contribution < 1.29 is 14.3 Å². The van der Waals surface area contributed by atoms with E-state index >= 15 is 0 Å². The van der Waals surface area contributed by atoms with E-state index < -0.39 is 5.91 Å². The van der Waals surface area contributed by atoms with Crippen molar-refractivity contribution in [1.29, 1.82) is 0 Å². The van der Waals surface area contributed by atoms with Gasteiger partial charge in [-0.25, -0.2) is 10.4 Å². The molecule has 0 unspecified atom stereocenters. The average Bonchev–Trinajstić information content (AvgIpc) is 3.28. The molecule has 2 heterocycles. The van der Waals surface area contributed by atoms with Gasteiger partial charge >= 0.3 is 0 Å². The number of amides is 1. The number of aryl methyl sites for hydroxylation is 1. The molecule has 1 N–H and O–H groups in total. The van der Waals surface area contributed by atoms with E-state index in [1.807, 2.05) is 0 Å². The Balaban J connectivity index is 1.23. The molecule has 4 aromatic rings. The molecule has 1 amide bonds. The summed E-state index contributed by atoms with van der Waals surface area (Å²) in [5, 5.41) is 5.71. The number of ether oxygens (including phenoxy) is 2. The van der Waals surface area contributed by atoms with Gasteiger partial charge in [-0.05, 0) is 66.6 Å². The largest absolute Gasteiger partial charge is 0.493 e. The van der Waals surface area contributed by atoms with Gasteiger partial charge in [-0.3, -0.25) is 14.2 Å². The molecule has 2 aromatic heterocycles. The number of carbonyl (C=O) groups excluding carboxylic acids is 1. The van der Waals surface area contributed by atoms with E-state index in [1.54, 1.807) is 47.7 Å². The Morgan fingerprint density at radius 3 is 2.82 bits per heavy atom. The van der Waals surface area contributed by atoms with Crippen LogP contribution in [0.25, 0.3) is 10.2 Å². The zero-order chi connectivity index (χ0) is 27.5. The Kier molecular flexibility index (Phi) is 8.20. The molecule has 1 aliphatic carbocycles. The van der Waals surface area contributed by atoms with E-state index in [2.05, 4.69) is 22.4 Å². The number of carbonyl (C=O) groups is 1. The fourth-order valence-corrected chi connectivity index (χ4v) is 6.40. The maximum absolute atomic E-state index is 13.1. The molecule has 0 spiro atoms. The number of thiophene rings is 1. The standard InChI is InChI=1S/C28H26Cl2N4O4S/c1-16-6-8-18-24(10-16)39-27-26(18)28(36)34(15-31-27)13-25(35)33-32-12-17-7-9-22(23(11-17)37-2)38-14-19-20(29)4-3-5-21(19)30/h3-5,7,9,11-12,15-16H,6,8,10,13-14H2,1-2H3,(H,33,35)/b32-12-/t16-/m1/s1. The van der Waals surface area contributed by atoms with Crippen LogP contribution >= 0.6 is 34.5 Å². The van der Waals surface area contributed by atoms with E-state index in [9.17, 15) is 9.59 Å². The molecule has 0 radical (unpaired) electrons. The van der Waals surface area contributed by atoms with E-state index in [4.69, 9.17) is 32.7 Å². The first-order valence-corrected chi connectivity index (χ1v) is 14.0. The minimum Gasteiger partial charge on any atom is -0.493 e. The number of hydrogen-bond donors (Lipinski definition) is 1. The number of rotatable bonds is 8. The lowest BCUT2D eigenvalue weighted by Crippen LogP contribution is -2.30. The highest BCUT2D eigenvalue weighted by Gasteiger charge is 2.23. The predicted octanol–water partition coefficient (Wildman–Crippen LogP) is 5.63. The van der Waals surface area contributed by atoms with Gasteiger partial charge in [0.1, 0.15) is 18.0 Å². The lowest BCUT2D eigenvalue weighted by molar-refractivity contribution is -0.121. The number of aromatic nitrogens is 2. The van der Waals surface area contributed by atoms with Crippen LogP contribution in [0.1, 0.15) is 34.9 Å². The maximum Gasteiger partial charge on any atom is 0.262 e. The number of methoxy groups -OCH3 is 1. The highest BCUT2D eigenvalue weighted by Crippen LogP contribution is 2.35. The number of hydrogen-bond acceptors (Lipinski definition) is 7. The topological polar surface area (TPSA) is 94.8 Å². The number of benzene rings is 2. The van der Waals surface area contributed by atoms with Gasteiger partial charge in [0.05, 0.1) is 25.0 Å². The number of fused-ring (bicyclic) bond motifs is 3. The van der Waals surface area contributed by atoms with Crippen molar-refractivity contribution in [3.05, 3.63) is 84.7 Å². The Morgan fingerprint density at radius 1 is 1.26 bits per heavy atom. The molecule has 1 aliphatic rings. The first-order valence-electron chi connectivity index (χ1n) is 12.4. The Hall–Kier alpha value is -3.40. The van der Waals surface area contributed by atoms with E-state index in [0.717, 1.165) is 29.7 Å². The van der Waals surface area contributed by atoms with Gasteiger partial charge in [0.25, 0.3) is 11.5 Å². The second-order valence-electron chi connectivity index (χ2n) is 9.40. The molecule has 1 atom stereocenters. The normalized spacial score (nSPS) is 14.9. The summed E-state index contributed by atoms with van der Waals surface area (Å²) in [7, 11) is 1.53. The van der Waals surface area contributed by atoms with Crippen LogP contribution < -0.4 is 20.5 Å². The Labute approximate surface area is 239 Å². The number of nitrogens with zero attached hydrogens (tertiary/aromatic N) is 3. The van der Waals surface area contributed by atoms with Gasteiger partial charge in [0, 0.05) is 20.5 Å². The van der Waals surface area contributed by atoms with Crippen molar-refractivity contribution in [3.8, 4) is 11.5 Å². The van der Waals surface area contributed by atoms with Gasteiger partial charge in [-0.15, -0.1) is 11.3 Å². The van der Waals surface area contributed by atoms with Crippen molar-refractivity contribution in [2.75, 3.05) is 7.11 Å². The number of nitrogens with one attached hydrogen (secondary N) is 1. The van der Waals surface area contributed by atoms with Gasteiger partial charge in [-0.1, -0.05) is 36.2 Å². The third-order valence-corrected chi connectivity index (χ3v) is 8.49. The van der Waals surface area contributed by atoms with Crippen molar-refractivity contribution in [2.24, 2.45) is 11.0 Å². The quantitative estimate of drug-likeness (QED) is 0.214. The van der Waals surface area contributed by atoms with E-state index in [0.29, 0.717) is 44.0 Å². The fraction of sp³-hybridized carbons (Fsp3) is 0.286. The average molecular weight is 586 g/mol. The van der Waals surface area contributed by atoms with Crippen molar-refractivity contribution in [3.63, 3.8) is 0 Å². The molecule has 0 aliphatic heterocycles. The minimum absolute atomic E-state index is 0.172. The molecule has 11 heteroatoms. The van der Waals surface area contributed by atoms with Gasteiger partial charge < -0.3 is 9.47 Å². The summed E-state index contributed by atoms with van der Waals surface area (Å²) in [6.45, 7) is 2.22. The summed E-state index contributed by atoms with van der Waals surface area (Å²) >= 11 is 14.0. The number of hydrazone groups is 1. The molecule has 202 valence electrons. The fourth-order valence-electron chi connectivity index (χ4n) is 4.55. The van der Waals surface area contributed by atoms with E-state index in [-0.39, 0.29) is 18.7 Å². The van der Waals surface area contributed by atoms with Crippen LogP contribution in [0.3, 0.4) is 0 Å². The molecule has 8 nitrogen and oxygen atoms in total. The third kappa shape index (κ3) is 5.95. The smallest absolute Gasteiger partial charge is 0.262 e. The number of halogens is 2. The lowest BCUT2D eigenvalue weighted by atomic mass is 9.89. The molecule has 0 saturated heterocycles. The van der Waals surface area contributed by atoms with Crippen molar-refractivity contribution in [2.45, 2.75) is 39.3 Å². The molecular weight excluding hydrogens is 559 g/mol. The van der Waals surface area contributed by atoms with Crippen LogP contribution in [0, 0.1) is 5.92 Å². The van der Waals surface area contributed by atoms with Gasteiger partial charge in [0.2, 0.25) is 0 Å². The van der Waals surface area contributed by atoms with Crippen LogP contribution in [0.15, 0.2) is 52.6 Å². The monoisotopic (exact) mass is 584 g/mol. The molecule has 2 aromatic carbocycles. The highest BCUT2D eigenvalue weighted by molar-refractivity contribution is 7.18. The first-order chi connectivity index (χ1) is 18.8. The second kappa shape index (κ2) is 11.8. The Morgan fingerprint density at radius 2 is 2.05 bits per heavy atom. The SMILES string of the molecule is COc1cc(/C=N\NC(=O)Cn2cnc3sc4c(c3c2=O)CC[C@@H](C)C4)ccc1OCc1c(Cl)cccc1Cl. The highest BCUT2D eigenvalue weighted by atomic mass is 35.5. The summed E-state index contributed by atoms with van der Waals surface area (Å²) in [6, 6.07) is 10.5. The molecule has 5 rings (SSSR count). The minimum atomic E-state index is -0.434. The lowest BCUT2D eigenvalue weighted by Gasteiger charge is -2.17. The summed E-state index contributed by atoms with van der Waals surface area (Å²) in [5.41, 5.74) is 4.73. The van der Waals surface area contributed by atoms with Crippen LogP contribution in [0.4, 0.5) is 0 Å². The summed E-state index contributed by atoms with van der Waals surface area (Å²) in [5.74, 6) is 1.15. The summed E-state index contributed by atoms with van der Waals surface area (Å²) in [4.78, 5) is 32.1. The zero-order valence-electron chi connectivity index (χ0n) is 21.4. The summed E-state index contributed by atoms with van der Waals surface area (Å²) < 4.78 is 12.6. The molecular formula is C28H26Cl2N4O4S. The predicted molar refractivity (Wildman–Crippen MR) is 155 cm³/mol. The Bertz CT molecular complexity index is 1610. The van der Waals surface area contributed by atoms with Crippen molar-refractivity contribution >= 4 is 56.9 Å². The van der Waals surface area contributed by atoms with Gasteiger partial charge in [-0.2, -0.15) is 5.10 Å². The van der Waals surface area contributed by atoms with Crippen molar-refractivity contribution in [1.82, 2.24) is 15.0 Å². The molecule has 39 heavy (non-hydrogen) atoms. The van der Waals surface area contributed by atoms with E-state index in [1.165, 1.54) is 29.1 Å². The van der Waals surface area contributed by atoms with Crippen LogP contribution in [0.2, 0.25) is 10.0 Å². The molecule has 0 saturated carbocycles.